The molecule has 6 nitrogen and oxygen atoms in total. The van der Waals surface area contributed by atoms with E-state index in [-0.39, 0.29) is 17.2 Å². The lowest BCUT2D eigenvalue weighted by Crippen LogP contribution is -2.59. The van der Waals surface area contributed by atoms with E-state index in [9.17, 15) is 14.7 Å². The van der Waals surface area contributed by atoms with Crippen LogP contribution in [0.15, 0.2) is 12.3 Å². The Hall–Kier alpha value is -1.82. The number of carboxylic acid groups (broad SMARTS) is 1. The van der Waals surface area contributed by atoms with Gasteiger partial charge >= 0.3 is 6.09 Å². The van der Waals surface area contributed by atoms with E-state index in [1.54, 1.807) is 12.3 Å². The highest BCUT2D eigenvalue weighted by atomic mass is 35.5. The van der Waals surface area contributed by atoms with E-state index in [1.807, 2.05) is 32.6 Å². The molecule has 138 valence electrons. The topological polar surface area (TPSA) is 73.7 Å². The quantitative estimate of drug-likeness (QED) is 0.816. The van der Waals surface area contributed by atoms with Crippen LogP contribution in [-0.4, -0.2) is 52.5 Å². The number of pyridine rings is 1. The van der Waals surface area contributed by atoms with Crippen LogP contribution in [0.2, 0.25) is 5.02 Å². The summed E-state index contributed by atoms with van der Waals surface area (Å²) in [5.41, 5.74) is 0.313. The monoisotopic (exact) mass is 367 g/mol. The fraction of sp³-hybridized carbons (Fsp3) is 0.611. The Balaban J connectivity index is 2.24. The van der Waals surface area contributed by atoms with E-state index < -0.39 is 6.09 Å². The predicted molar refractivity (Wildman–Crippen MR) is 98.7 cm³/mol. The molecule has 1 aliphatic heterocycles. The summed E-state index contributed by atoms with van der Waals surface area (Å²) < 4.78 is 0. The number of piperazine rings is 1. The maximum absolute atomic E-state index is 12.0. The van der Waals surface area contributed by atoms with Crippen LogP contribution in [0.3, 0.4) is 0 Å². The summed E-state index contributed by atoms with van der Waals surface area (Å²) >= 11 is 6.38. The van der Waals surface area contributed by atoms with Crippen molar-refractivity contribution in [2.45, 2.75) is 46.6 Å². The van der Waals surface area contributed by atoms with E-state index >= 15 is 0 Å². The number of hydrogen-bond acceptors (Lipinski definition) is 4. The fourth-order valence-electron chi connectivity index (χ4n) is 3.13. The minimum atomic E-state index is -0.904. The van der Waals surface area contributed by atoms with Crippen molar-refractivity contribution in [3.8, 4) is 0 Å². The first-order chi connectivity index (χ1) is 11.6. The van der Waals surface area contributed by atoms with Crippen LogP contribution >= 0.6 is 11.6 Å². The molecule has 1 aromatic rings. The fourth-order valence-corrected chi connectivity index (χ4v) is 3.42. The minimum Gasteiger partial charge on any atom is -0.465 e. The lowest BCUT2D eigenvalue weighted by Gasteiger charge is -2.46. The number of anilines is 1. The second kappa shape index (κ2) is 7.60. The van der Waals surface area contributed by atoms with E-state index in [0.29, 0.717) is 42.5 Å². The van der Waals surface area contributed by atoms with Gasteiger partial charge in [-0.3, -0.25) is 4.79 Å². The van der Waals surface area contributed by atoms with Gasteiger partial charge < -0.3 is 14.9 Å². The van der Waals surface area contributed by atoms with Gasteiger partial charge in [0.1, 0.15) is 5.82 Å². The molecule has 1 aliphatic rings. The Labute approximate surface area is 153 Å². The first-order valence-electron chi connectivity index (χ1n) is 8.58. The second-order valence-electron chi connectivity index (χ2n) is 7.51. The molecule has 0 spiro atoms. The summed E-state index contributed by atoms with van der Waals surface area (Å²) in [6, 6.07) is 1.50. The van der Waals surface area contributed by atoms with Gasteiger partial charge in [-0.15, -0.1) is 0 Å². The lowest BCUT2D eigenvalue weighted by molar-refractivity contribution is 0.0746. The van der Waals surface area contributed by atoms with Crippen molar-refractivity contribution in [3.05, 3.63) is 22.8 Å². The summed E-state index contributed by atoms with van der Waals surface area (Å²) in [5.74, 6) is 0.640. The van der Waals surface area contributed by atoms with Crippen molar-refractivity contribution < 1.29 is 14.7 Å². The number of Topliss-reactive ketones (excluding diaryl/α,β-unsaturated/α-hetero) is 1. The highest BCUT2D eigenvalue weighted by Gasteiger charge is 2.38. The maximum atomic E-state index is 12.0. The number of amides is 1. The first-order valence-corrected chi connectivity index (χ1v) is 8.96. The highest BCUT2D eigenvalue weighted by Crippen LogP contribution is 2.32. The number of nitrogens with zero attached hydrogens (tertiary/aromatic N) is 3. The Morgan fingerprint density at radius 1 is 1.36 bits per heavy atom. The number of halogens is 1. The van der Waals surface area contributed by atoms with Gasteiger partial charge in [0.2, 0.25) is 0 Å². The van der Waals surface area contributed by atoms with Crippen LogP contribution < -0.4 is 4.90 Å². The molecule has 0 bridgehead atoms. The summed E-state index contributed by atoms with van der Waals surface area (Å²) in [5, 5.41) is 9.89. The molecule has 1 aromatic heterocycles. The van der Waals surface area contributed by atoms with Crippen molar-refractivity contribution >= 4 is 29.3 Å². The molecule has 2 heterocycles. The predicted octanol–water partition coefficient (Wildman–Crippen LogP) is 3.93. The maximum Gasteiger partial charge on any atom is 0.407 e. The zero-order valence-corrected chi connectivity index (χ0v) is 16.0. The third-order valence-electron chi connectivity index (χ3n) is 4.55. The molecule has 25 heavy (non-hydrogen) atoms. The summed E-state index contributed by atoms with van der Waals surface area (Å²) in [6.45, 7) is 9.47. The minimum absolute atomic E-state index is 0.0340. The number of ketones is 1. The van der Waals surface area contributed by atoms with Gasteiger partial charge in [0, 0.05) is 37.8 Å². The number of aromatic nitrogens is 1. The molecule has 0 radical (unpaired) electrons. The smallest absolute Gasteiger partial charge is 0.407 e. The van der Waals surface area contributed by atoms with Gasteiger partial charge in [0.05, 0.1) is 11.1 Å². The molecule has 1 saturated heterocycles. The molecular weight excluding hydrogens is 342 g/mol. The Morgan fingerprint density at radius 3 is 2.56 bits per heavy atom. The van der Waals surface area contributed by atoms with Crippen LogP contribution in [0.5, 0.6) is 0 Å². The van der Waals surface area contributed by atoms with Crippen LogP contribution in [0.4, 0.5) is 10.6 Å². The van der Waals surface area contributed by atoms with Crippen molar-refractivity contribution in [1.82, 2.24) is 9.88 Å². The molecule has 1 atom stereocenters. The third-order valence-corrected chi connectivity index (χ3v) is 4.82. The third kappa shape index (κ3) is 4.42. The van der Waals surface area contributed by atoms with E-state index in [4.69, 9.17) is 11.6 Å². The first kappa shape index (κ1) is 19.5. The Kier molecular flexibility index (Phi) is 5.93. The zero-order chi connectivity index (χ0) is 18.8. The van der Waals surface area contributed by atoms with Crippen molar-refractivity contribution in [3.63, 3.8) is 0 Å². The molecule has 0 aromatic carbocycles. The van der Waals surface area contributed by atoms with Gasteiger partial charge in [-0.25, -0.2) is 9.78 Å². The lowest BCUT2D eigenvalue weighted by atomic mass is 9.84. The van der Waals surface area contributed by atoms with Gasteiger partial charge in [-0.05, 0) is 17.9 Å². The van der Waals surface area contributed by atoms with Gasteiger partial charge in [0.15, 0.2) is 5.78 Å². The molecule has 1 unspecified atom stereocenters. The second-order valence-corrected chi connectivity index (χ2v) is 7.91. The number of carbonyl (C=O) groups excluding carboxylic acids is 1. The largest absolute Gasteiger partial charge is 0.465 e. The van der Waals surface area contributed by atoms with Crippen LogP contribution in [-0.2, 0) is 0 Å². The number of rotatable bonds is 4. The van der Waals surface area contributed by atoms with E-state index in [1.165, 1.54) is 4.90 Å². The Bertz CT molecular complexity index is 657. The van der Waals surface area contributed by atoms with Crippen molar-refractivity contribution in [2.24, 2.45) is 5.41 Å². The van der Waals surface area contributed by atoms with E-state index in [0.717, 1.165) is 6.42 Å². The highest BCUT2D eigenvalue weighted by molar-refractivity contribution is 6.33. The molecular formula is C18H26ClN3O3. The van der Waals surface area contributed by atoms with Gasteiger partial charge in [-0.2, -0.15) is 0 Å². The molecule has 2 rings (SSSR count). The molecule has 0 saturated carbocycles. The SMILES string of the molecule is CCCC(=O)c1cnc(N2CCN(C(=O)O)C(C(C)(C)C)C2)c(Cl)c1. The summed E-state index contributed by atoms with van der Waals surface area (Å²) in [7, 11) is 0. The summed E-state index contributed by atoms with van der Waals surface area (Å²) in [6.07, 6.45) is 1.91. The average molecular weight is 368 g/mol. The van der Waals surface area contributed by atoms with E-state index in [2.05, 4.69) is 4.98 Å². The number of carbonyl (C=O) groups is 2. The van der Waals surface area contributed by atoms with Crippen LogP contribution in [0.25, 0.3) is 0 Å². The molecule has 7 heteroatoms. The Morgan fingerprint density at radius 2 is 2.04 bits per heavy atom. The zero-order valence-electron chi connectivity index (χ0n) is 15.3. The summed E-state index contributed by atoms with van der Waals surface area (Å²) in [4.78, 5) is 31.4. The normalized spacial score (nSPS) is 18.4. The van der Waals surface area contributed by atoms with Crippen LogP contribution in [0, 0.1) is 5.41 Å². The van der Waals surface area contributed by atoms with Crippen LogP contribution in [0.1, 0.15) is 50.9 Å². The standard InChI is InChI=1S/C18H26ClN3O3/c1-5-6-14(23)12-9-13(19)16(20-10-12)21-7-8-22(17(24)25)15(11-21)18(2,3)4/h9-10,15H,5-8,11H2,1-4H3,(H,24,25). The van der Waals surface area contributed by atoms with Gasteiger partial charge in [0.25, 0.3) is 0 Å². The number of hydrogen-bond donors (Lipinski definition) is 1. The molecule has 1 amide bonds. The van der Waals surface area contributed by atoms with Crippen molar-refractivity contribution in [1.29, 1.82) is 0 Å². The molecule has 1 fully saturated rings. The molecule has 0 aliphatic carbocycles. The molecule has 1 N–H and O–H groups in total. The average Bonchev–Trinajstić information content (AvgIpc) is 2.53. The van der Waals surface area contributed by atoms with Crippen molar-refractivity contribution in [2.75, 3.05) is 24.5 Å². The van der Waals surface area contributed by atoms with Gasteiger partial charge in [-0.1, -0.05) is 39.3 Å².